The Bertz CT molecular complexity index is 785. The van der Waals surface area contributed by atoms with E-state index in [-0.39, 0.29) is 24.0 Å². The maximum atomic E-state index is 4.80. The van der Waals surface area contributed by atoms with Crippen molar-refractivity contribution in [2.24, 2.45) is 4.99 Å². The van der Waals surface area contributed by atoms with E-state index in [0.717, 1.165) is 38.6 Å². The molecule has 2 fully saturated rings. The Labute approximate surface area is 199 Å². The van der Waals surface area contributed by atoms with Gasteiger partial charge in [-0.05, 0) is 37.8 Å². The minimum Gasteiger partial charge on any atom is -0.356 e. The molecule has 0 spiro atoms. The molecule has 1 saturated heterocycles. The molecule has 1 aliphatic carbocycles. The highest BCUT2D eigenvalue weighted by Crippen LogP contribution is 2.51. The molecule has 0 bridgehead atoms. The molecular weight excluding hydrogens is 513 g/mol. The number of anilines is 1. The van der Waals surface area contributed by atoms with Crippen LogP contribution in [0, 0.1) is 0 Å². The second-order valence-corrected chi connectivity index (χ2v) is 9.89. The van der Waals surface area contributed by atoms with Gasteiger partial charge in [0.15, 0.2) is 11.1 Å². The highest BCUT2D eigenvalue weighted by Gasteiger charge is 2.43. The van der Waals surface area contributed by atoms with Crippen LogP contribution >= 0.6 is 47.1 Å². The van der Waals surface area contributed by atoms with Crippen molar-refractivity contribution in [1.29, 1.82) is 0 Å². The topological polar surface area (TPSA) is 52.6 Å². The summed E-state index contributed by atoms with van der Waals surface area (Å²) in [5.74, 6) is 0.884. The maximum absolute atomic E-state index is 4.80. The lowest BCUT2D eigenvalue weighted by Gasteiger charge is -2.18. The number of thiazole rings is 1. The van der Waals surface area contributed by atoms with E-state index in [1.807, 2.05) is 18.8 Å². The van der Waals surface area contributed by atoms with E-state index < -0.39 is 0 Å². The number of rotatable bonds is 8. The molecule has 1 aliphatic heterocycles. The summed E-state index contributed by atoms with van der Waals surface area (Å²) in [6.07, 6.45) is 6.03. The maximum Gasteiger partial charge on any atom is 0.191 e. The van der Waals surface area contributed by atoms with E-state index in [1.54, 1.807) is 11.3 Å². The number of hydrogen-bond acceptors (Lipinski definition) is 5. The minimum absolute atomic E-state index is 0. The highest BCUT2D eigenvalue weighted by atomic mass is 127. The number of aliphatic imine (C=N–C) groups is 1. The van der Waals surface area contributed by atoms with E-state index >= 15 is 0 Å². The Kier molecular flexibility index (Phi) is 8.49. The first-order chi connectivity index (χ1) is 13.8. The van der Waals surface area contributed by atoms with Crippen molar-refractivity contribution in [1.82, 2.24) is 15.6 Å². The van der Waals surface area contributed by atoms with Gasteiger partial charge in [-0.1, -0.05) is 18.2 Å². The van der Waals surface area contributed by atoms with Gasteiger partial charge >= 0.3 is 0 Å². The van der Waals surface area contributed by atoms with Crippen LogP contribution in [0.25, 0.3) is 0 Å². The molecule has 2 aliphatic rings. The van der Waals surface area contributed by atoms with Crippen molar-refractivity contribution in [3.05, 3.63) is 41.4 Å². The monoisotopic (exact) mass is 543 g/mol. The van der Waals surface area contributed by atoms with Gasteiger partial charge < -0.3 is 15.5 Å². The van der Waals surface area contributed by atoms with Crippen LogP contribution in [-0.2, 0) is 6.42 Å². The Hall–Kier alpha value is -1.000. The zero-order valence-electron chi connectivity index (χ0n) is 16.9. The Morgan fingerprint density at radius 3 is 2.66 bits per heavy atom. The summed E-state index contributed by atoms with van der Waals surface area (Å²) >= 11 is 3.76. The van der Waals surface area contributed by atoms with Crippen molar-refractivity contribution in [3.8, 4) is 0 Å². The van der Waals surface area contributed by atoms with Crippen LogP contribution in [0.1, 0.15) is 31.4 Å². The summed E-state index contributed by atoms with van der Waals surface area (Å²) < 4.78 is 0.318. The highest BCUT2D eigenvalue weighted by molar-refractivity contribution is 14.0. The smallest absolute Gasteiger partial charge is 0.191 e. The molecule has 0 unspecified atom stereocenters. The van der Waals surface area contributed by atoms with Crippen molar-refractivity contribution < 1.29 is 0 Å². The number of benzene rings is 1. The fourth-order valence-electron chi connectivity index (χ4n) is 3.43. The normalized spacial score (nSPS) is 17.7. The predicted octanol–water partition coefficient (Wildman–Crippen LogP) is 4.39. The van der Waals surface area contributed by atoms with Gasteiger partial charge in [-0.3, -0.25) is 4.99 Å². The first-order valence-electron chi connectivity index (χ1n) is 10.1. The van der Waals surface area contributed by atoms with Crippen LogP contribution in [0.2, 0.25) is 0 Å². The van der Waals surface area contributed by atoms with Crippen LogP contribution < -0.4 is 15.5 Å². The Morgan fingerprint density at radius 1 is 1.21 bits per heavy atom. The fraction of sp³-hybridized carbons (Fsp3) is 0.524. The van der Waals surface area contributed by atoms with Crippen LogP contribution in [0.5, 0.6) is 0 Å². The minimum atomic E-state index is 0. The van der Waals surface area contributed by atoms with Crippen molar-refractivity contribution >= 4 is 58.2 Å². The number of thioether (sulfide) groups is 1. The number of nitrogens with one attached hydrogen (secondary N) is 2. The molecule has 158 valence electrons. The number of guanidine groups is 1. The van der Waals surface area contributed by atoms with Crippen molar-refractivity contribution in [2.75, 3.05) is 38.1 Å². The molecule has 2 aromatic rings. The van der Waals surface area contributed by atoms with E-state index in [1.165, 1.54) is 41.4 Å². The molecule has 8 heteroatoms. The van der Waals surface area contributed by atoms with Crippen LogP contribution in [0.4, 0.5) is 5.13 Å². The third-order valence-corrected chi connectivity index (χ3v) is 7.72. The quantitative estimate of drug-likeness (QED) is 0.294. The Balaban J connectivity index is 0.00000240. The summed E-state index contributed by atoms with van der Waals surface area (Å²) in [6.45, 7) is 4.11. The molecule has 2 heterocycles. The van der Waals surface area contributed by atoms with E-state index in [9.17, 15) is 0 Å². The summed E-state index contributed by atoms with van der Waals surface area (Å²) in [5, 5.41) is 10.3. The zero-order valence-corrected chi connectivity index (χ0v) is 20.9. The molecule has 4 rings (SSSR count). The predicted molar refractivity (Wildman–Crippen MR) is 136 cm³/mol. The Morgan fingerprint density at radius 2 is 1.97 bits per heavy atom. The zero-order chi connectivity index (χ0) is 19.2. The molecule has 0 radical (unpaired) electrons. The third kappa shape index (κ3) is 6.49. The second-order valence-electron chi connectivity index (χ2n) is 7.52. The van der Waals surface area contributed by atoms with Gasteiger partial charge in [0.05, 0.1) is 5.69 Å². The van der Waals surface area contributed by atoms with E-state index in [4.69, 9.17) is 4.98 Å². The van der Waals surface area contributed by atoms with Gasteiger partial charge in [-0.2, -0.15) is 0 Å². The second kappa shape index (κ2) is 10.9. The van der Waals surface area contributed by atoms with Gasteiger partial charge in [0.25, 0.3) is 0 Å². The number of aromatic nitrogens is 1. The summed E-state index contributed by atoms with van der Waals surface area (Å²) in [7, 11) is 1.84. The standard InChI is InChI=1S/C21H29N5S2.HI/c1-22-19(24-16-21(10-11-21)28-18-7-3-2-4-8-18)23-12-9-17-15-27-20(25-17)26-13-5-6-14-26;/h2-4,7-8,15H,5-6,9-14,16H2,1H3,(H2,22,23,24);1H. The lowest BCUT2D eigenvalue weighted by Crippen LogP contribution is -2.41. The SMILES string of the molecule is CN=C(NCCc1csc(N2CCCC2)n1)NCC1(Sc2ccccc2)CC1.I. The largest absolute Gasteiger partial charge is 0.356 e. The van der Waals surface area contributed by atoms with E-state index in [0.29, 0.717) is 4.75 Å². The summed E-state index contributed by atoms with van der Waals surface area (Å²) in [6, 6.07) is 10.7. The molecule has 5 nitrogen and oxygen atoms in total. The average Bonchev–Trinajstić information content (AvgIpc) is 3.13. The van der Waals surface area contributed by atoms with Crippen molar-refractivity contribution in [2.45, 2.75) is 41.7 Å². The molecule has 0 atom stereocenters. The van der Waals surface area contributed by atoms with Gasteiger partial charge in [-0.25, -0.2) is 4.98 Å². The molecule has 1 aromatic carbocycles. The molecular formula is C21H30IN5S2. The lowest BCUT2D eigenvalue weighted by atomic mass is 10.3. The summed E-state index contributed by atoms with van der Waals surface area (Å²) in [5.41, 5.74) is 1.17. The van der Waals surface area contributed by atoms with Gasteiger partial charge in [0, 0.05) is 54.7 Å². The molecule has 0 amide bonds. The molecule has 1 aromatic heterocycles. The summed E-state index contributed by atoms with van der Waals surface area (Å²) in [4.78, 5) is 12.9. The lowest BCUT2D eigenvalue weighted by molar-refractivity contribution is 0.756. The van der Waals surface area contributed by atoms with Crippen LogP contribution in [0.3, 0.4) is 0 Å². The molecule has 2 N–H and O–H groups in total. The number of halogens is 1. The molecule has 1 saturated carbocycles. The van der Waals surface area contributed by atoms with Crippen LogP contribution in [-0.4, -0.2) is 48.9 Å². The van der Waals surface area contributed by atoms with Gasteiger partial charge in [0.1, 0.15) is 0 Å². The molecule has 29 heavy (non-hydrogen) atoms. The van der Waals surface area contributed by atoms with E-state index in [2.05, 4.69) is 56.2 Å². The third-order valence-electron chi connectivity index (χ3n) is 5.28. The average molecular weight is 544 g/mol. The van der Waals surface area contributed by atoms with Gasteiger partial charge in [0.2, 0.25) is 0 Å². The van der Waals surface area contributed by atoms with Crippen molar-refractivity contribution in [3.63, 3.8) is 0 Å². The number of hydrogen-bond donors (Lipinski definition) is 2. The van der Waals surface area contributed by atoms with Gasteiger partial charge in [-0.15, -0.1) is 47.1 Å². The van der Waals surface area contributed by atoms with Crippen LogP contribution in [0.15, 0.2) is 45.6 Å². The first-order valence-corrected chi connectivity index (χ1v) is 11.8. The fourth-order valence-corrected chi connectivity index (χ4v) is 5.59. The first kappa shape index (κ1) is 22.7. The number of nitrogens with zero attached hydrogens (tertiary/aromatic N) is 3.